The maximum Gasteiger partial charge on any atom is 0.223 e. The van der Waals surface area contributed by atoms with Crippen molar-refractivity contribution in [2.24, 2.45) is 5.92 Å². The summed E-state index contributed by atoms with van der Waals surface area (Å²) in [4.78, 5) is 28.0. The lowest BCUT2D eigenvalue weighted by Gasteiger charge is -2.40. The highest BCUT2D eigenvalue weighted by molar-refractivity contribution is 7.16. The van der Waals surface area contributed by atoms with Gasteiger partial charge in [-0.05, 0) is 64.0 Å². The predicted molar refractivity (Wildman–Crippen MR) is 147 cm³/mol. The monoisotopic (exact) mass is 526 g/mol. The third kappa shape index (κ3) is 5.77. The zero-order valence-electron chi connectivity index (χ0n) is 22.5. The number of carbonyl (C=O) groups is 2. The van der Waals surface area contributed by atoms with Crippen molar-refractivity contribution in [2.45, 2.75) is 115 Å². The average molecular weight is 527 g/mol. The topological polar surface area (TPSA) is 92.2 Å². The first kappa shape index (κ1) is 26.4. The van der Waals surface area contributed by atoms with Crippen molar-refractivity contribution in [1.29, 1.82) is 0 Å². The highest BCUT2D eigenvalue weighted by Crippen LogP contribution is 2.42. The van der Waals surface area contributed by atoms with Crippen LogP contribution < -0.4 is 10.6 Å². The molecule has 2 bridgehead atoms. The van der Waals surface area contributed by atoms with E-state index < -0.39 is 0 Å². The minimum absolute atomic E-state index is 0.0219. The van der Waals surface area contributed by atoms with Crippen LogP contribution in [0.2, 0.25) is 0 Å². The van der Waals surface area contributed by atoms with E-state index in [4.69, 9.17) is 0 Å². The Balaban J connectivity index is 1.26. The summed E-state index contributed by atoms with van der Waals surface area (Å²) in [5.74, 6) is 2.85. The van der Waals surface area contributed by atoms with Gasteiger partial charge in [-0.1, -0.05) is 33.1 Å². The second-order valence-electron chi connectivity index (χ2n) is 11.5. The number of carbonyl (C=O) groups excluding carboxylic acids is 2. The maximum atomic E-state index is 13.2. The van der Waals surface area contributed by atoms with Gasteiger partial charge in [-0.25, -0.2) is 0 Å². The van der Waals surface area contributed by atoms with E-state index in [-0.39, 0.29) is 17.9 Å². The number of fused-ring (bicyclic) bond motifs is 2. The normalized spacial score (nSPS) is 25.4. The molecular formula is C28H42N6O2S. The van der Waals surface area contributed by atoms with Gasteiger partial charge in [0.15, 0.2) is 0 Å². The van der Waals surface area contributed by atoms with Gasteiger partial charge in [0, 0.05) is 41.4 Å². The second kappa shape index (κ2) is 11.6. The zero-order chi connectivity index (χ0) is 25.9. The summed E-state index contributed by atoms with van der Waals surface area (Å²) < 4.78 is 2.41. The van der Waals surface area contributed by atoms with Crippen LogP contribution in [0.25, 0.3) is 0 Å². The standard InChI is InChI=1S/C28H42N6O2S/c1-18(2)27-32-31-19(3)34(27)23-15-21-9-10-22(16-23)33(21)14-13-24(25-11-12-26(37-25)29-17-35)30-28(36)20-7-5-4-6-8-20/h11-12,17-18,20-24H,4-10,13-16H2,1-3H3,(H,29,35)(H,30,36)/t21-,22+,23?,24-/m0/s1. The minimum Gasteiger partial charge on any atom is -0.348 e. The number of thiophene rings is 1. The molecule has 2 aliphatic heterocycles. The molecule has 8 nitrogen and oxygen atoms in total. The minimum atomic E-state index is -0.0219. The lowest BCUT2D eigenvalue weighted by molar-refractivity contribution is -0.126. The molecule has 1 unspecified atom stereocenters. The molecule has 37 heavy (non-hydrogen) atoms. The molecule has 2 saturated heterocycles. The van der Waals surface area contributed by atoms with Crippen LogP contribution in [0.3, 0.4) is 0 Å². The van der Waals surface area contributed by atoms with Crippen LogP contribution in [0, 0.1) is 12.8 Å². The van der Waals surface area contributed by atoms with E-state index in [0.717, 1.165) is 79.4 Å². The number of aryl methyl sites for hydroxylation is 1. The lowest BCUT2D eigenvalue weighted by Crippen LogP contribution is -2.45. The molecule has 5 rings (SSSR count). The van der Waals surface area contributed by atoms with Gasteiger partial charge in [0.1, 0.15) is 11.6 Å². The molecular weight excluding hydrogens is 484 g/mol. The van der Waals surface area contributed by atoms with E-state index in [1.54, 1.807) is 11.3 Å². The quantitative estimate of drug-likeness (QED) is 0.408. The van der Waals surface area contributed by atoms with Gasteiger partial charge in [0.2, 0.25) is 12.3 Å². The summed E-state index contributed by atoms with van der Waals surface area (Å²) in [6.45, 7) is 7.46. The summed E-state index contributed by atoms with van der Waals surface area (Å²) in [5, 5.41) is 15.9. The van der Waals surface area contributed by atoms with Crippen LogP contribution in [0.1, 0.15) is 113 Å². The SMILES string of the molecule is Cc1nnc(C(C)C)n1C1C[C@H]2CC[C@@H](C1)N2CC[C@H](NC(=O)C1CCCCC1)c1ccc(NC=O)s1. The number of rotatable bonds is 10. The smallest absolute Gasteiger partial charge is 0.223 e. The van der Waals surface area contributed by atoms with Crippen molar-refractivity contribution >= 4 is 28.7 Å². The fourth-order valence-corrected chi connectivity index (χ4v) is 7.90. The highest BCUT2D eigenvalue weighted by atomic mass is 32.1. The van der Waals surface area contributed by atoms with Gasteiger partial charge in [-0.15, -0.1) is 21.5 Å². The number of nitrogens with one attached hydrogen (secondary N) is 2. The molecule has 0 spiro atoms. The summed E-state index contributed by atoms with van der Waals surface area (Å²) in [6.07, 6.45) is 11.9. The Labute approximate surface area is 224 Å². The number of anilines is 1. The molecule has 202 valence electrons. The van der Waals surface area contributed by atoms with Crippen molar-refractivity contribution < 1.29 is 9.59 Å². The summed E-state index contributed by atoms with van der Waals surface area (Å²) in [6, 6.07) is 5.58. The Morgan fingerprint density at radius 2 is 1.81 bits per heavy atom. The van der Waals surface area contributed by atoms with Gasteiger partial charge in [-0.3, -0.25) is 14.5 Å². The van der Waals surface area contributed by atoms with Gasteiger partial charge in [0.25, 0.3) is 0 Å². The van der Waals surface area contributed by atoms with E-state index in [0.29, 0.717) is 24.0 Å². The van der Waals surface area contributed by atoms with Crippen LogP contribution in [0.5, 0.6) is 0 Å². The Hall–Kier alpha value is -2.26. The molecule has 3 fully saturated rings. The fraction of sp³-hybridized carbons (Fsp3) is 0.714. The molecule has 2 aromatic rings. The predicted octanol–water partition coefficient (Wildman–Crippen LogP) is 5.34. The Kier molecular flexibility index (Phi) is 8.29. The van der Waals surface area contributed by atoms with Crippen LogP contribution in [0.4, 0.5) is 5.00 Å². The molecule has 9 heteroatoms. The summed E-state index contributed by atoms with van der Waals surface area (Å²) in [7, 11) is 0. The fourth-order valence-electron chi connectivity index (χ4n) is 6.95. The van der Waals surface area contributed by atoms with E-state index in [2.05, 4.69) is 57.1 Å². The first-order valence-electron chi connectivity index (χ1n) is 14.2. The number of piperidine rings is 1. The van der Waals surface area contributed by atoms with Crippen molar-refractivity contribution in [3.05, 3.63) is 28.7 Å². The molecule has 3 aliphatic rings. The number of nitrogens with zero attached hydrogens (tertiary/aromatic N) is 4. The maximum absolute atomic E-state index is 13.2. The Morgan fingerprint density at radius 3 is 2.49 bits per heavy atom. The molecule has 4 atom stereocenters. The third-order valence-corrected chi connectivity index (χ3v) is 9.90. The van der Waals surface area contributed by atoms with Crippen LogP contribution >= 0.6 is 11.3 Å². The first-order chi connectivity index (χ1) is 17.9. The van der Waals surface area contributed by atoms with Crippen LogP contribution in [0.15, 0.2) is 12.1 Å². The van der Waals surface area contributed by atoms with Gasteiger partial charge < -0.3 is 15.2 Å². The third-order valence-electron chi connectivity index (χ3n) is 8.77. The highest BCUT2D eigenvalue weighted by Gasteiger charge is 2.42. The second-order valence-corrected chi connectivity index (χ2v) is 12.6. The summed E-state index contributed by atoms with van der Waals surface area (Å²) >= 11 is 1.57. The molecule has 2 N–H and O–H groups in total. The molecule has 2 amide bonds. The van der Waals surface area contributed by atoms with E-state index in [9.17, 15) is 9.59 Å². The number of amides is 2. The van der Waals surface area contributed by atoms with Gasteiger partial charge in [-0.2, -0.15) is 0 Å². The van der Waals surface area contributed by atoms with E-state index in [1.165, 1.54) is 19.3 Å². The number of hydrogen-bond acceptors (Lipinski definition) is 6. The average Bonchev–Trinajstić information content (AvgIpc) is 3.58. The first-order valence-corrected chi connectivity index (χ1v) is 15.0. The largest absolute Gasteiger partial charge is 0.348 e. The number of hydrogen-bond donors (Lipinski definition) is 2. The van der Waals surface area contributed by atoms with Gasteiger partial charge >= 0.3 is 0 Å². The summed E-state index contributed by atoms with van der Waals surface area (Å²) in [5.41, 5.74) is 0. The molecule has 1 saturated carbocycles. The van der Waals surface area contributed by atoms with Crippen molar-refractivity contribution in [3.63, 3.8) is 0 Å². The Morgan fingerprint density at radius 1 is 1.08 bits per heavy atom. The number of aromatic nitrogens is 3. The van der Waals surface area contributed by atoms with Crippen molar-refractivity contribution in [2.75, 3.05) is 11.9 Å². The van der Waals surface area contributed by atoms with E-state index >= 15 is 0 Å². The van der Waals surface area contributed by atoms with Crippen LogP contribution in [-0.2, 0) is 9.59 Å². The Bertz CT molecular complexity index is 1060. The molecule has 1 aliphatic carbocycles. The molecule has 4 heterocycles. The van der Waals surface area contributed by atoms with Crippen molar-refractivity contribution in [3.8, 4) is 0 Å². The lowest BCUT2D eigenvalue weighted by atomic mass is 9.88. The molecule has 2 aromatic heterocycles. The van der Waals surface area contributed by atoms with Crippen molar-refractivity contribution in [1.82, 2.24) is 25.0 Å². The zero-order valence-corrected chi connectivity index (χ0v) is 23.3. The van der Waals surface area contributed by atoms with Crippen LogP contribution in [-0.4, -0.2) is 50.6 Å². The molecule has 0 aromatic carbocycles. The molecule has 0 radical (unpaired) electrons. The van der Waals surface area contributed by atoms with E-state index in [1.807, 2.05) is 6.07 Å². The van der Waals surface area contributed by atoms with Gasteiger partial charge in [0.05, 0.1) is 11.0 Å².